The Balaban J connectivity index is 3.29. The summed E-state index contributed by atoms with van der Waals surface area (Å²) in [5.41, 5.74) is -0.964. The summed E-state index contributed by atoms with van der Waals surface area (Å²) in [7, 11) is 0. The predicted molar refractivity (Wildman–Crippen MR) is 46.0 cm³/mol. The van der Waals surface area contributed by atoms with Crippen molar-refractivity contribution in [1.29, 1.82) is 0 Å². The number of Topliss-reactive ketones (excluding diaryl/α,β-unsaturated/α-hetero) is 1. The summed E-state index contributed by atoms with van der Waals surface area (Å²) in [6.45, 7) is 1.61. The first-order chi connectivity index (χ1) is 6.75. The van der Waals surface area contributed by atoms with Crippen LogP contribution >= 0.6 is 0 Å². The van der Waals surface area contributed by atoms with Crippen molar-refractivity contribution in [3.63, 3.8) is 0 Å². The summed E-state index contributed by atoms with van der Waals surface area (Å²) >= 11 is 0. The summed E-state index contributed by atoms with van der Waals surface area (Å²) < 4.78 is 51.2. The number of hydrogen-bond acceptors (Lipinski definition) is 1. The molecule has 0 N–H and O–H groups in total. The van der Waals surface area contributed by atoms with E-state index in [4.69, 9.17) is 0 Å². The smallest absolute Gasteiger partial charge is 0.287 e. The van der Waals surface area contributed by atoms with Gasteiger partial charge >= 0.3 is 5.92 Å². The van der Waals surface area contributed by atoms with Gasteiger partial charge in [0.2, 0.25) is 5.78 Å². The lowest BCUT2D eigenvalue weighted by Gasteiger charge is -2.10. The first kappa shape index (κ1) is 11.7. The third-order valence-electron chi connectivity index (χ3n) is 1.92. The zero-order valence-corrected chi connectivity index (χ0v) is 8.07. The van der Waals surface area contributed by atoms with Crippen molar-refractivity contribution in [2.45, 2.75) is 19.8 Å². The van der Waals surface area contributed by atoms with E-state index >= 15 is 0 Å². The molecule has 1 aromatic rings. The molecule has 0 unspecified atom stereocenters. The molecule has 0 aliphatic heterocycles. The molecule has 0 heterocycles. The molecular weight excluding hydrogens is 212 g/mol. The Bertz CT molecular complexity index is 407. The fraction of sp³-hybridized carbons (Fsp3) is 0.300. The number of rotatable bonds is 2. The van der Waals surface area contributed by atoms with Gasteiger partial charge in [0, 0.05) is 6.92 Å². The van der Waals surface area contributed by atoms with Crippen LogP contribution in [0.15, 0.2) is 12.1 Å². The fourth-order valence-electron chi connectivity index (χ4n) is 1.06. The van der Waals surface area contributed by atoms with Gasteiger partial charge in [0.1, 0.15) is 0 Å². The molecule has 5 heteroatoms. The Hall–Kier alpha value is -1.39. The van der Waals surface area contributed by atoms with Gasteiger partial charge in [-0.25, -0.2) is 8.78 Å². The van der Waals surface area contributed by atoms with Crippen LogP contribution in [0.3, 0.4) is 0 Å². The standard InChI is InChI=1S/C10H8F4O/c1-5-3-4-6(8(12)7(5)11)9(15)10(2,13)14/h3-4H,1-2H3. The van der Waals surface area contributed by atoms with Gasteiger partial charge in [-0.1, -0.05) is 6.07 Å². The first-order valence-electron chi connectivity index (χ1n) is 4.12. The van der Waals surface area contributed by atoms with Gasteiger partial charge in [-0.05, 0) is 18.6 Å². The lowest BCUT2D eigenvalue weighted by atomic mass is 10.0. The van der Waals surface area contributed by atoms with Gasteiger partial charge < -0.3 is 0 Å². The minimum Gasteiger partial charge on any atom is -0.287 e. The minimum atomic E-state index is -3.71. The zero-order valence-electron chi connectivity index (χ0n) is 8.07. The predicted octanol–water partition coefficient (Wildman–Crippen LogP) is 3.11. The third kappa shape index (κ3) is 2.16. The summed E-state index contributed by atoms with van der Waals surface area (Å²) in [4.78, 5) is 11.0. The molecule has 0 aromatic heterocycles. The number of ketones is 1. The molecule has 15 heavy (non-hydrogen) atoms. The normalized spacial score (nSPS) is 11.6. The largest absolute Gasteiger partial charge is 0.307 e. The quantitative estimate of drug-likeness (QED) is 0.552. The number of alkyl halides is 2. The van der Waals surface area contributed by atoms with Crippen molar-refractivity contribution < 1.29 is 22.4 Å². The van der Waals surface area contributed by atoms with E-state index in [1.165, 1.54) is 6.92 Å². The van der Waals surface area contributed by atoms with Gasteiger partial charge in [0.25, 0.3) is 0 Å². The Kier molecular flexibility index (Phi) is 2.83. The highest BCUT2D eigenvalue weighted by molar-refractivity contribution is 6.01. The average molecular weight is 220 g/mol. The number of carbonyl (C=O) groups is 1. The van der Waals surface area contributed by atoms with E-state index in [0.29, 0.717) is 6.92 Å². The van der Waals surface area contributed by atoms with E-state index in [9.17, 15) is 22.4 Å². The Morgan fingerprint density at radius 1 is 1.20 bits per heavy atom. The molecule has 0 aliphatic rings. The topological polar surface area (TPSA) is 17.1 Å². The van der Waals surface area contributed by atoms with Crippen LogP contribution in [0.25, 0.3) is 0 Å². The van der Waals surface area contributed by atoms with E-state index in [1.807, 2.05) is 0 Å². The summed E-state index contributed by atoms with van der Waals surface area (Å²) in [5.74, 6) is -8.23. The fourth-order valence-corrected chi connectivity index (χ4v) is 1.06. The molecule has 1 nitrogen and oxygen atoms in total. The maximum Gasteiger partial charge on any atom is 0.307 e. The summed E-state index contributed by atoms with van der Waals surface area (Å²) in [6, 6.07) is 1.94. The SMILES string of the molecule is Cc1ccc(C(=O)C(C)(F)F)c(F)c1F. The highest BCUT2D eigenvalue weighted by Crippen LogP contribution is 2.23. The minimum absolute atomic E-state index is 0.0385. The van der Waals surface area contributed by atoms with Crippen molar-refractivity contribution in [3.8, 4) is 0 Å². The lowest BCUT2D eigenvalue weighted by Crippen LogP contribution is -2.25. The van der Waals surface area contributed by atoms with Crippen molar-refractivity contribution in [3.05, 3.63) is 34.9 Å². The molecule has 0 fully saturated rings. The second-order valence-electron chi connectivity index (χ2n) is 3.28. The van der Waals surface area contributed by atoms with Crippen molar-refractivity contribution in [1.82, 2.24) is 0 Å². The highest BCUT2D eigenvalue weighted by atomic mass is 19.3. The second kappa shape index (κ2) is 3.64. The van der Waals surface area contributed by atoms with Crippen molar-refractivity contribution >= 4 is 5.78 Å². The van der Waals surface area contributed by atoms with E-state index < -0.39 is 28.9 Å². The molecule has 0 spiro atoms. The molecule has 82 valence electrons. The molecule has 0 saturated carbocycles. The van der Waals surface area contributed by atoms with E-state index in [2.05, 4.69) is 0 Å². The van der Waals surface area contributed by atoms with Gasteiger partial charge in [0.05, 0.1) is 5.56 Å². The molecule has 0 bridgehead atoms. The van der Waals surface area contributed by atoms with Crippen LogP contribution in [0.4, 0.5) is 17.6 Å². The number of hydrogen-bond donors (Lipinski definition) is 0. The zero-order chi connectivity index (χ0) is 11.8. The summed E-state index contributed by atoms with van der Waals surface area (Å²) in [6.07, 6.45) is 0. The van der Waals surface area contributed by atoms with Crippen LogP contribution in [0, 0.1) is 18.6 Å². The number of benzene rings is 1. The van der Waals surface area contributed by atoms with Gasteiger partial charge in [0.15, 0.2) is 11.6 Å². The van der Waals surface area contributed by atoms with E-state index in [0.717, 1.165) is 12.1 Å². The number of aryl methyl sites for hydroxylation is 1. The van der Waals surface area contributed by atoms with Crippen LogP contribution in [0.2, 0.25) is 0 Å². The molecule has 0 aliphatic carbocycles. The lowest BCUT2D eigenvalue weighted by molar-refractivity contribution is 0.0216. The van der Waals surface area contributed by atoms with E-state index in [1.54, 1.807) is 0 Å². The second-order valence-corrected chi connectivity index (χ2v) is 3.28. The maximum atomic E-state index is 13.1. The first-order valence-corrected chi connectivity index (χ1v) is 4.12. The summed E-state index contributed by atoms with van der Waals surface area (Å²) in [5, 5.41) is 0. The number of carbonyl (C=O) groups excluding carboxylic acids is 1. The third-order valence-corrected chi connectivity index (χ3v) is 1.92. The maximum absolute atomic E-state index is 13.1. The molecule has 0 saturated heterocycles. The molecule has 0 atom stereocenters. The molecular formula is C10H8F4O. The van der Waals surface area contributed by atoms with Crippen molar-refractivity contribution in [2.75, 3.05) is 0 Å². The Morgan fingerprint density at radius 3 is 2.20 bits per heavy atom. The van der Waals surface area contributed by atoms with Gasteiger partial charge in [-0.15, -0.1) is 0 Å². The molecule has 1 aromatic carbocycles. The molecule has 0 radical (unpaired) electrons. The Morgan fingerprint density at radius 2 is 1.73 bits per heavy atom. The van der Waals surface area contributed by atoms with Crippen LogP contribution in [-0.2, 0) is 0 Å². The van der Waals surface area contributed by atoms with Crippen molar-refractivity contribution in [2.24, 2.45) is 0 Å². The monoisotopic (exact) mass is 220 g/mol. The molecule has 0 amide bonds. The molecule has 1 rings (SSSR count). The van der Waals surface area contributed by atoms with Crippen LogP contribution in [0.5, 0.6) is 0 Å². The van der Waals surface area contributed by atoms with Gasteiger partial charge in [-0.3, -0.25) is 4.79 Å². The number of halogens is 4. The van der Waals surface area contributed by atoms with Crippen LogP contribution < -0.4 is 0 Å². The van der Waals surface area contributed by atoms with E-state index in [-0.39, 0.29) is 5.56 Å². The average Bonchev–Trinajstić information content (AvgIpc) is 2.12. The highest BCUT2D eigenvalue weighted by Gasteiger charge is 2.35. The Labute approximate surface area is 83.7 Å². The van der Waals surface area contributed by atoms with Gasteiger partial charge in [-0.2, -0.15) is 8.78 Å². The van der Waals surface area contributed by atoms with Crippen LogP contribution in [0.1, 0.15) is 22.8 Å². The van der Waals surface area contributed by atoms with Crippen LogP contribution in [-0.4, -0.2) is 11.7 Å².